The second kappa shape index (κ2) is 21.0. The highest BCUT2D eigenvalue weighted by Gasteiger charge is 2.34. The van der Waals surface area contributed by atoms with Gasteiger partial charge in [-0.2, -0.15) is 0 Å². The van der Waals surface area contributed by atoms with Crippen LogP contribution in [-0.2, 0) is 0 Å². The average molecular weight is 393 g/mol. The Morgan fingerprint density at radius 1 is 0.360 bits per heavy atom. The first-order chi connectivity index (χ1) is 11.7. The Labute approximate surface area is 168 Å². The molecule has 0 atom stereocenters. The molecule has 0 rings (SSSR count). The predicted molar refractivity (Wildman–Crippen MR) is 118 cm³/mol. The van der Waals surface area contributed by atoms with Gasteiger partial charge in [-0.3, -0.25) is 0 Å². The van der Waals surface area contributed by atoms with Crippen molar-refractivity contribution in [2.45, 2.75) is 124 Å². The van der Waals surface area contributed by atoms with Gasteiger partial charge in [0.1, 0.15) is 0 Å². The molecule has 2 heteroatoms. The predicted octanol–water partition coefficient (Wildman–Crippen LogP) is 5.94. The topological polar surface area (TPSA) is 0 Å². The molecule has 0 aromatic heterocycles. The summed E-state index contributed by atoms with van der Waals surface area (Å²) in [7, 11) is -0.641. The summed E-state index contributed by atoms with van der Waals surface area (Å²) in [6.07, 6.45) is 28.5. The Hall–Kier alpha value is 0.720. The summed E-state index contributed by atoms with van der Waals surface area (Å²) in [6.45, 7) is 9.41. The summed E-state index contributed by atoms with van der Waals surface area (Å²) in [5.74, 6) is 0. The van der Waals surface area contributed by atoms with Gasteiger partial charge in [-0.1, -0.05) is 91.9 Å². The number of hydrogen-bond acceptors (Lipinski definition) is 0. The molecule has 25 heavy (non-hydrogen) atoms. The Morgan fingerprint density at radius 2 is 0.600 bits per heavy atom. The van der Waals surface area contributed by atoms with Crippen LogP contribution in [0.25, 0.3) is 0 Å². The monoisotopic (exact) mass is 392 g/mol. The minimum atomic E-state index is -0.641. The van der Waals surface area contributed by atoms with Gasteiger partial charge in [0.05, 0.1) is 24.6 Å². The minimum absolute atomic E-state index is 0. The van der Waals surface area contributed by atoms with E-state index in [2.05, 4.69) is 27.7 Å². The van der Waals surface area contributed by atoms with Gasteiger partial charge in [0.25, 0.3) is 0 Å². The molecule has 0 nitrogen and oxygen atoms in total. The van der Waals surface area contributed by atoms with Crippen LogP contribution in [0, 0.1) is 0 Å². The zero-order valence-corrected chi connectivity index (χ0v) is 19.9. The SMILES string of the molecule is CCCCCCCC[P+](CCCCC)(CCCCC)CCCCC.[Cl-]. The van der Waals surface area contributed by atoms with Gasteiger partial charge >= 0.3 is 0 Å². The molecule has 0 unspecified atom stereocenters. The molecule has 0 heterocycles. The molecule has 0 spiro atoms. The maximum atomic E-state index is 2.36. The standard InChI is InChI=1S/C23H50P.ClH/c1-5-9-13-14-15-19-23-24(20-16-10-6-2,21-17-11-7-3)22-18-12-8-4;/h5-23H2,1-4H3;1H/q+1;/p-1. The van der Waals surface area contributed by atoms with Crippen LogP contribution in [-0.4, -0.2) is 24.6 Å². The van der Waals surface area contributed by atoms with E-state index in [0.717, 1.165) is 0 Å². The van der Waals surface area contributed by atoms with Crippen molar-refractivity contribution < 1.29 is 12.4 Å². The van der Waals surface area contributed by atoms with Gasteiger partial charge in [0.15, 0.2) is 0 Å². The van der Waals surface area contributed by atoms with Crippen LogP contribution in [0.4, 0.5) is 0 Å². The highest BCUT2D eigenvalue weighted by atomic mass is 35.5. The van der Waals surface area contributed by atoms with Gasteiger partial charge < -0.3 is 12.4 Å². The van der Waals surface area contributed by atoms with Crippen LogP contribution < -0.4 is 12.4 Å². The summed E-state index contributed by atoms with van der Waals surface area (Å²) >= 11 is 0. The third kappa shape index (κ3) is 16.6. The van der Waals surface area contributed by atoms with Gasteiger partial charge in [0.2, 0.25) is 0 Å². The van der Waals surface area contributed by atoms with Crippen LogP contribution >= 0.6 is 7.26 Å². The van der Waals surface area contributed by atoms with E-state index in [4.69, 9.17) is 0 Å². The van der Waals surface area contributed by atoms with Crippen molar-refractivity contribution >= 4 is 7.26 Å². The maximum Gasteiger partial charge on any atom is 0.0594 e. The molecule has 0 bridgehead atoms. The van der Waals surface area contributed by atoms with Crippen LogP contribution in [0.5, 0.6) is 0 Å². The highest BCUT2D eigenvalue weighted by molar-refractivity contribution is 7.75. The van der Waals surface area contributed by atoms with Crippen molar-refractivity contribution in [3.05, 3.63) is 0 Å². The molecule has 0 saturated carbocycles. The van der Waals surface area contributed by atoms with Crippen LogP contribution in [0.2, 0.25) is 0 Å². The third-order valence-corrected chi connectivity index (χ3v) is 10.8. The quantitative estimate of drug-likeness (QED) is 0.188. The smallest absolute Gasteiger partial charge is 0.0594 e. The highest BCUT2D eigenvalue weighted by Crippen LogP contribution is 2.61. The molecule has 0 aromatic carbocycles. The van der Waals surface area contributed by atoms with E-state index in [0.29, 0.717) is 0 Å². The van der Waals surface area contributed by atoms with Gasteiger partial charge in [-0.15, -0.1) is 0 Å². The van der Waals surface area contributed by atoms with E-state index >= 15 is 0 Å². The maximum absolute atomic E-state index is 2.36. The molecule has 0 aliphatic heterocycles. The van der Waals surface area contributed by atoms with Crippen molar-refractivity contribution in [2.75, 3.05) is 24.6 Å². The first-order valence-electron chi connectivity index (χ1n) is 11.6. The van der Waals surface area contributed by atoms with Crippen molar-refractivity contribution in [2.24, 2.45) is 0 Å². The Bertz CT molecular complexity index is 216. The van der Waals surface area contributed by atoms with Crippen LogP contribution in [0.15, 0.2) is 0 Å². The van der Waals surface area contributed by atoms with Gasteiger partial charge in [-0.25, -0.2) is 0 Å². The molecule has 0 radical (unpaired) electrons. The summed E-state index contributed by atoms with van der Waals surface area (Å²) in [6, 6.07) is 0. The van der Waals surface area contributed by atoms with Crippen molar-refractivity contribution in [3.63, 3.8) is 0 Å². The van der Waals surface area contributed by atoms with Crippen molar-refractivity contribution in [1.29, 1.82) is 0 Å². The first kappa shape index (κ1) is 27.9. The van der Waals surface area contributed by atoms with Crippen molar-refractivity contribution in [1.82, 2.24) is 0 Å². The number of unbranched alkanes of at least 4 members (excludes halogenated alkanes) is 11. The lowest BCUT2D eigenvalue weighted by atomic mass is 10.1. The molecule has 0 aliphatic rings. The molecule has 0 fully saturated rings. The summed E-state index contributed by atoms with van der Waals surface area (Å²) in [5, 5.41) is 0. The van der Waals surface area contributed by atoms with Gasteiger partial charge in [-0.05, 0) is 32.1 Å². The summed E-state index contributed by atoms with van der Waals surface area (Å²) in [4.78, 5) is 0. The Kier molecular flexibility index (Phi) is 23.5. The Morgan fingerprint density at radius 3 is 0.960 bits per heavy atom. The summed E-state index contributed by atoms with van der Waals surface area (Å²) < 4.78 is 0. The zero-order chi connectivity index (χ0) is 17.9. The molecule has 0 amide bonds. The largest absolute Gasteiger partial charge is 1.00 e. The molecular formula is C23H50ClP. The van der Waals surface area contributed by atoms with E-state index in [1.807, 2.05) is 0 Å². The number of halogens is 1. The molecule has 0 aromatic rings. The fraction of sp³-hybridized carbons (Fsp3) is 1.00. The molecule has 0 aliphatic carbocycles. The lowest BCUT2D eigenvalue weighted by molar-refractivity contribution is -0.00000558. The van der Waals surface area contributed by atoms with E-state index in [1.54, 1.807) is 31.1 Å². The normalized spacial score (nSPS) is 11.5. The molecule has 0 N–H and O–H groups in total. The molecule has 0 saturated heterocycles. The van der Waals surface area contributed by atoms with Crippen LogP contribution in [0.1, 0.15) is 124 Å². The Balaban J connectivity index is 0. The number of hydrogen-bond donors (Lipinski definition) is 0. The first-order valence-corrected chi connectivity index (χ1v) is 14.1. The second-order valence-corrected chi connectivity index (χ2v) is 12.6. The fourth-order valence-electron chi connectivity index (χ4n) is 3.99. The van der Waals surface area contributed by atoms with Gasteiger partial charge in [0, 0.05) is 7.26 Å². The van der Waals surface area contributed by atoms with E-state index in [9.17, 15) is 0 Å². The third-order valence-electron chi connectivity index (χ3n) is 5.69. The minimum Gasteiger partial charge on any atom is -1.00 e. The van der Waals surface area contributed by atoms with E-state index < -0.39 is 7.26 Å². The molecule has 154 valence electrons. The second-order valence-electron chi connectivity index (χ2n) is 8.13. The zero-order valence-electron chi connectivity index (χ0n) is 18.3. The van der Waals surface area contributed by atoms with Crippen molar-refractivity contribution in [3.8, 4) is 0 Å². The van der Waals surface area contributed by atoms with E-state index in [1.165, 1.54) is 89.9 Å². The average Bonchev–Trinajstić information content (AvgIpc) is 2.58. The lowest BCUT2D eigenvalue weighted by Crippen LogP contribution is -3.00. The molecular weight excluding hydrogens is 343 g/mol. The number of rotatable bonds is 19. The fourth-order valence-corrected chi connectivity index (χ4v) is 8.91. The lowest BCUT2D eigenvalue weighted by Gasteiger charge is -2.28. The van der Waals surface area contributed by atoms with E-state index in [-0.39, 0.29) is 12.4 Å². The summed E-state index contributed by atoms with van der Waals surface area (Å²) in [5.41, 5.74) is 0. The van der Waals surface area contributed by atoms with Crippen LogP contribution in [0.3, 0.4) is 0 Å².